The van der Waals surface area contributed by atoms with Crippen LogP contribution >= 0.6 is 0 Å². The molecule has 4 aromatic rings. The largest absolute Gasteiger partial charge is 0.493 e. The van der Waals surface area contributed by atoms with Gasteiger partial charge in [-0.3, -0.25) is 0 Å². The molecule has 5 rings (SSSR count). The van der Waals surface area contributed by atoms with E-state index in [1.165, 1.54) is 34.1 Å². The molecule has 34 heavy (non-hydrogen) atoms. The van der Waals surface area contributed by atoms with Gasteiger partial charge in [0.25, 0.3) is 0 Å². The van der Waals surface area contributed by atoms with Crippen LogP contribution < -0.4 is 19.5 Å². The third kappa shape index (κ3) is 4.75. The van der Waals surface area contributed by atoms with Crippen LogP contribution in [0, 0.1) is 0 Å². The van der Waals surface area contributed by atoms with Gasteiger partial charge in [-0.25, -0.2) is 0 Å². The van der Waals surface area contributed by atoms with E-state index < -0.39 is 0 Å². The van der Waals surface area contributed by atoms with Crippen LogP contribution in [0.25, 0.3) is 10.9 Å². The Hall–Kier alpha value is -3.44. The summed E-state index contributed by atoms with van der Waals surface area (Å²) >= 11 is 0. The second kappa shape index (κ2) is 10.2. The number of nitrogens with one attached hydrogen (secondary N) is 2. The Bertz CT molecular complexity index is 1250. The number of aryl methyl sites for hydroxylation is 1. The highest BCUT2D eigenvalue weighted by molar-refractivity contribution is 5.84. The van der Waals surface area contributed by atoms with Crippen LogP contribution in [0.4, 0.5) is 0 Å². The lowest BCUT2D eigenvalue weighted by atomic mass is 9.87. The van der Waals surface area contributed by atoms with E-state index in [0.717, 1.165) is 48.6 Å². The van der Waals surface area contributed by atoms with Crippen molar-refractivity contribution in [2.24, 2.45) is 0 Å². The fourth-order valence-electron chi connectivity index (χ4n) is 4.92. The number of fused-ring (bicyclic) bond motifs is 2. The smallest absolute Gasteiger partial charge is 0.161 e. The number of ether oxygens (including phenoxy) is 3. The van der Waals surface area contributed by atoms with E-state index in [2.05, 4.69) is 52.9 Å². The molecule has 1 aliphatic rings. The molecule has 5 nitrogen and oxygen atoms in total. The van der Waals surface area contributed by atoms with Gasteiger partial charge in [-0.05, 0) is 84.8 Å². The van der Waals surface area contributed by atoms with Crippen molar-refractivity contribution in [2.75, 3.05) is 20.8 Å². The maximum atomic E-state index is 6.05. The van der Waals surface area contributed by atoms with Crippen molar-refractivity contribution in [3.8, 4) is 17.2 Å². The van der Waals surface area contributed by atoms with Gasteiger partial charge in [0.1, 0.15) is 12.4 Å². The van der Waals surface area contributed by atoms with Gasteiger partial charge in [0, 0.05) is 23.1 Å². The molecule has 5 heteroatoms. The SMILES string of the molecule is COc1cc2c(cc1OC)C(NCCc1c[nH]c3ccc(OCc4ccccc4)cc13)CCC2. The number of benzene rings is 3. The summed E-state index contributed by atoms with van der Waals surface area (Å²) in [6, 6.07) is 21.2. The number of H-pyrrole nitrogens is 1. The maximum absolute atomic E-state index is 6.05. The fourth-order valence-corrected chi connectivity index (χ4v) is 4.92. The third-order valence-electron chi connectivity index (χ3n) is 6.73. The van der Waals surface area contributed by atoms with Crippen LogP contribution in [0.5, 0.6) is 17.2 Å². The Morgan fingerprint density at radius 3 is 2.62 bits per heavy atom. The summed E-state index contributed by atoms with van der Waals surface area (Å²) in [6.07, 6.45) is 6.46. The first-order valence-corrected chi connectivity index (χ1v) is 12.0. The summed E-state index contributed by atoms with van der Waals surface area (Å²) in [5.41, 5.74) is 6.30. The minimum absolute atomic E-state index is 0.332. The minimum Gasteiger partial charge on any atom is -0.493 e. The van der Waals surface area contributed by atoms with Crippen LogP contribution in [0.2, 0.25) is 0 Å². The molecule has 1 atom stereocenters. The molecule has 0 aliphatic heterocycles. The average Bonchev–Trinajstić information content (AvgIpc) is 3.29. The van der Waals surface area contributed by atoms with Crippen molar-refractivity contribution in [2.45, 2.75) is 38.3 Å². The number of hydrogen-bond donors (Lipinski definition) is 2. The van der Waals surface area contributed by atoms with Crippen molar-refractivity contribution in [1.82, 2.24) is 10.3 Å². The van der Waals surface area contributed by atoms with E-state index in [-0.39, 0.29) is 0 Å². The van der Waals surface area contributed by atoms with Gasteiger partial charge in [-0.2, -0.15) is 0 Å². The van der Waals surface area contributed by atoms with E-state index in [9.17, 15) is 0 Å². The zero-order valence-corrected chi connectivity index (χ0v) is 19.9. The molecule has 2 N–H and O–H groups in total. The molecule has 1 unspecified atom stereocenters. The van der Waals surface area contributed by atoms with Gasteiger partial charge in [-0.1, -0.05) is 30.3 Å². The molecule has 1 aliphatic carbocycles. The average molecular weight is 457 g/mol. The third-order valence-corrected chi connectivity index (χ3v) is 6.73. The monoisotopic (exact) mass is 456 g/mol. The predicted molar refractivity (Wildman–Crippen MR) is 136 cm³/mol. The Kier molecular flexibility index (Phi) is 6.72. The van der Waals surface area contributed by atoms with Crippen molar-refractivity contribution in [3.05, 3.63) is 89.1 Å². The molecule has 0 fully saturated rings. The first-order chi connectivity index (χ1) is 16.7. The number of methoxy groups -OCH3 is 2. The highest BCUT2D eigenvalue weighted by Gasteiger charge is 2.22. The highest BCUT2D eigenvalue weighted by Crippen LogP contribution is 2.38. The second-order valence-corrected chi connectivity index (χ2v) is 8.85. The van der Waals surface area contributed by atoms with Crippen LogP contribution in [-0.2, 0) is 19.4 Å². The molecule has 1 aromatic heterocycles. The molecule has 0 saturated carbocycles. The Labute approximate surface area is 201 Å². The topological polar surface area (TPSA) is 55.5 Å². The molecule has 0 saturated heterocycles. The summed E-state index contributed by atoms with van der Waals surface area (Å²) in [7, 11) is 3.40. The Morgan fingerprint density at radius 2 is 1.79 bits per heavy atom. The van der Waals surface area contributed by atoms with Gasteiger partial charge >= 0.3 is 0 Å². The molecule has 3 aromatic carbocycles. The van der Waals surface area contributed by atoms with Gasteiger partial charge < -0.3 is 24.5 Å². The van der Waals surface area contributed by atoms with E-state index in [1.54, 1.807) is 14.2 Å². The van der Waals surface area contributed by atoms with E-state index in [4.69, 9.17) is 14.2 Å². The molecule has 0 bridgehead atoms. The summed E-state index contributed by atoms with van der Waals surface area (Å²) in [6.45, 7) is 1.48. The lowest BCUT2D eigenvalue weighted by molar-refractivity contribution is 0.306. The van der Waals surface area contributed by atoms with Crippen molar-refractivity contribution in [3.63, 3.8) is 0 Å². The molecule has 176 valence electrons. The zero-order chi connectivity index (χ0) is 23.3. The van der Waals surface area contributed by atoms with Crippen LogP contribution in [0.1, 0.15) is 41.1 Å². The molecule has 0 radical (unpaired) electrons. The minimum atomic E-state index is 0.332. The van der Waals surface area contributed by atoms with Crippen molar-refractivity contribution < 1.29 is 14.2 Å². The zero-order valence-electron chi connectivity index (χ0n) is 19.9. The highest BCUT2D eigenvalue weighted by atomic mass is 16.5. The standard InChI is InChI=1S/C29H32N2O3/c1-32-28-15-21-9-6-10-26(25(21)17-29(28)33-2)30-14-13-22-18-31-27-12-11-23(16-24(22)27)34-19-20-7-4-3-5-8-20/h3-5,7-8,11-12,15-18,26,30-31H,6,9-10,13-14,19H2,1-2H3. The molecule has 1 heterocycles. The molecular weight excluding hydrogens is 424 g/mol. The van der Waals surface area contributed by atoms with E-state index >= 15 is 0 Å². The number of hydrogen-bond acceptors (Lipinski definition) is 4. The fraction of sp³-hybridized carbons (Fsp3) is 0.310. The number of aromatic amines is 1. The summed E-state index contributed by atoms with van der Waals surface area (Å²) in [5.74, 6) is 2.51. The number of rotatable bonds is 9. The van der Waals surface area contributed by atoms with Crippen LogP contribution in [0.15, 0.2) is 66.9 Å². The summed E-state index contributed by atoms with van der Waals surface area (Å²) < 4.78 is 17.1. The Morgan fingerprint density at radius 1 is 0.971 bits per heavy atom. The predicted octanol–water partition coefficient (Wildman–Crippen LogP) is 5.97. The first kappa shape index (κ1) is 22.4. The van der Waals surface area contributed by atoms with Crippen molar-refractivity contribution in [1.29, 1.82) is 0 Å². The van der Waals surface area contributed by atoms with E-state index in [0.29, 0.717) is 12.6 Å². The van der Waals surface area contributed by atoms with Crippen LogP contribution in [0.3, 0.4) is 0 Å². The lowest BCUT2D eigenvalue weighted by Crippen LogP contribution is -2.27. The maximum Gasteiger partial charge on any atom is 0.161 e. The molecular formula is C29H32N2O3. The summed E-state index contributed by atoms with van der Waals surface area (Å²) in [4.78, 5) is 3.41. The summed E-state index contributed by atoms with van der Waals surface area (Å²) in [5, 5.41) is 5.01. The van der Waals surface area contributed by atoms with Gasteiger partial charge in [0.2, 0.25) is 0 Å². The number of aromatic nitrogens is 1. The molecule has 0 amide bonds. The van der Waals surface area contributed by atoms with Crippen LogP contribution in [-0.4, -0.2) is 25.7 Å². The molecule has 0 spiro atoms. The van der Waals surface area contributed by atoms with E-state index in [1.807, 2.05) is 24.3 Å². The van der Waals surface area contributed by atoms with Crippen molar-refractivity contribution >= 4 is 10.9 Å². The second-order valence-electron chi connectivity index (χ2n) is 8.85. The van der Waals surface area contributed by atoms with Gasteiger partial charge in [0.15, 0.2) is 11.5 Å². The first-order valence-electron chi connectivity index (χ1n) is 12.0. The Balaban J connectivity index is 1.25. The quantitative estimate of drug-likeness (QED) is 0.326. The normalized spacial score (nSPS) is 15.2. The lowest BCUT2D eigenvalue weighted by Gasteiger charge is -2.27. The van der Waals surface area contributed by atoms with Gasteiger partial charge in [0.05, 0.1) is 14.2 Å². The van der Waals surface area contributed by atoms with Gasteiger partial charge in [-0.15, -0.1) is 0 Å².